The first kappa shape index (κ1) is 23.2. The van der Waals surface area contributed by atoms with Gasteiger partial charge in [0.25, 0.3) is 5.91 Å². The van der Waals surface area contributed by atoms with E-state index in [1.807, 2.05) is 24.5 Å². The van der Waals surface area contributed by atoms with Gasteiger partial charge in [0.05, 0.1) is 17.1 Å². The molecule has 0 aliphatic heterocycles. The lowest BCUT2D eigenvalue weighted by Gasteiger charge is -2.11. The number of ketones is 1. The highest BCUT2D eigenvalue weighted by Gasteiger charge is 2.24. The van der Waals surface area contributed by atoms with Crippen LogP contribution < -0.4 is 5.32 Å². The molecule has 9 heteroatoms. The van der Waals surface area contributed by atoms with Crippen molar-refractivity contribution in [1.29, 1.82) is 0 Å². The van der Waals surface area contributed by atoms with Crippen molar-refractivity contribution < 1.29 is 9.59 Å². The van der Waals surface area contributed by atoms with Crippen LogP contribution in [0.4, 0.5) is 0 Å². The van der Waals surface area contributed by atoms with Crippen LogP contribution in [-0.2, 0) is 13.0 Å². The van der Waals surface area contributed by atoms with Crippen LogP contribution in [-0.4, -0.2) is 26.5 Å². The van der Waals surface area contributed by atoms with E-state index >= 15 is 0 Å². The SMILES string of the molecule is CCc1cc(C(=O)c2ccccc2Cl)c(-n2c(C)nnc2CNC(=O)c2ccc(Cl)cc2)s1. The number of carbonyl (C=O) groups is 2. The second-order valence-electron chi connectivity index (χ2n) is 7.28. The molecule has 2 aromatic heterocycles. The van der Waals surface area contributed by atoms with Crippen LogP contribution in [0.3, 0.4) is 0 Å². The standard InChI is InChI=1S/C24H20Cl2N4O2S/c1-3-17-12-19(22(31)18-6-4-5-7-20(18)26)24(33-17)30-14(2)28-29-21(30)13-27-23(32)15-8-10-16(25)11-9-15/h4-12H,3,13H2,1-2H3,(H,27,32). The predicted molar refractivity (Wildman–Crippen MR) is 131 cm³/mol. The Morgan fingerprint density at radius 3 is 2.45 bits per heavy atom. The van der Waals surface area contributed by atoms with Gasteiger partial charge in [-0.05, 0) is 55.8 Å². The number of aromatic nitrogens is 3. The number of aryl methyl sites for hydroxylation is 2. The maximum Gasteiger partial charge on any atom is 0.251 e. The molecule has 1 amide bonds. The molecule has 0 bridgehead atoms. The Balaban J connectivity index is 1.67. The lowest BCUT2D eigenvalue weighted by Crippen LogP contribution is -2.24. The van der Waals surface area contributed by atoms with Crippen molar-refractivity contribution in [1.82, 2.24) is 20.1 Å². The molecule has 2 heterocycles. The van der Waals surface area contributed by atoms with Crippen molar-refractivity contribution in [2.24, 2.45) is 0 Å². The first-order valence-corrected chi connectivity index (χ1v) is 11.8. The molecular weight excluding hydrogens is 479 g/mol. The molecule has 0 fully saturated rings. The van der Waals surface area contributed by atoms with Gasteiger partial charge in [-0.25, -0.2) is 0 Å². The van der Waals surface area contributed by atoms with Gasteiger partial charge < -0.3 is 5.32 Å². The highest BCUT2D eigenvalue weighted by molar-refractivity contribution is 7.15. The second kappa shape index (κ2) is 9.87. The lowest BCUT2D eigenvalue weighted by molar-refractivity contribution is 0.0948. The van der Waals surface area contributed by atoms with Crippen LogP contribution in [0.5, 0.6) is 0 Å². The molecule has 0 spiro atoms. The summed E-state index contributed by atoms with van der Waals surface area (Å²) in [6.45, 7) is 3.99. The summed E-state index contributed by atoms with van der Waals surface area (Å²) in [6.07, 6.45) is 0.775. The van der Waals surface area contributed by atoms with E-state index in [9.17, 15) is 9.59 Å². The number of hydrogen-bond acceptors (Lipinski definition) is 5. The van der Waals surface area contributed by atoms with Crippen LogP contribution >= 0.6 is 34.5 Å². The van der Waals surface area contributed by atoms with Crippen LogP contribution in [0, 0.1) is 6.92 Å². The van der Waals surface area contributed by atoms with Gasteiger partial charge in [-0.3, -0.25) is 14.2 Å². The molecular formula is C24H20Cl2N4O2S. The van der Waals surface area contributed by atoms with E-state index in [4.69, 9.17) is 23.2 Å². The van der Waals surface area contributed by atoms with E-state index in [2.05, 4.69) is 15.5 Å². The van der Waals surface area contributed by atoms with Gasteiger partial charge in [0.15, 0.2) is 11.6 Å². The molecule has 0 saturated carbocycles. The summed E-state index contributed by atoms with van der Waals surface area (Å²) in [5, 5.41) is 13.0. The minimum atomic E-state index is -0.258. The number of carbonyl (C=O) groups excluding carboxylic acids is 2. The molecule has 0 atom stereocenters. The molecule has 0 aliphatic rings. The molecule has 0 saturated heterocycles. The van der Waals surface area contributed by atoms with Crippen LogP contribution in [0.15, 0.2) is 54.6 Å². The van der Waals surface area contributed by atoms with Gasteiger partial charge >= 0.3 is 0 Å². The van der Waals surface area contributed by atoms with Crippen LogP contribution in [0.1, 0.15) is 49.7 Å². The predicted octanol–water partition coefficient (Wildman–Crippen LogP) is 5.67. The summed E-state index contributed by atoms with van der Waals surface area (Å²) in [5.74, 6) is 0.707. The van der Waals surface area contributed by atoms with E-state index in [1.54, 1.807) is 48.5 Å². The molecule has 0 unspecified atom stereocenters. The molecule has 4 rings (SSSR count). The Kier molecular flexibility index (Phi) is 6.93. The zero-order chi connectivity index (χ0) is 23.5. The second-order valence-corrected chi connectivity index (χ2v) is 9.24. The minimum Gasteiger partial charge on any atom is -0.345 e. The number of thiophene rings is 1. The summed E-state index contributed by atoms with van der Waals surface area (Å²) < 4.78 is 1.82. The van der Waals surface area contributed by atoms with E-state index in [-0.39, 0.29) is 18.2 Å². The number of benzene rings is 2. The zero-order valence-electron chi connectivity index (χ0n) is 17.9. The van der Waals surface area contributed by atoms with Crippen molar-refractivity contribution in [3.05, 3.63) is 97.9 Å². The smallest absolute Gasteiger partial charge is 0.251 e. The highest BCUT2D eigenvalue weighted by Crippen LogP contribution is 2.32. The normalized spacial score (nSPS) is 10.9. The molecule has 33 heavy (non-hydrogen) atoms. The Morgan fingerprint density at radius 2 is 1.76 bits per heavy atom. The van der Waals surface area contributed by atoms with E-state index < -0.39 is 0 Å². The van der Waals surface area contributed by atoms with Crippen molar-refractivity contribution >= 4 is 46.2 Å². The molecule has 2 aromatic carbocycles. The summed E-state index contributed by atoms with van der Waals surface area (Å²) >= 11 is 13.7. The molecule has 6 nitrogen and oxygen atoms in total. The third-order valence-corrected chi connectivity index (χ3v) is 6.93. The average Bonchev–Trinajstić information content (AvgIpc) is 3.40. The quantitative estimate of drug-likeness (QED) is 0.333. The number of halogens is 2. The number of hydrogen-bond donors (Lipinski definition) is 1. The maximum absolute atomic E-state index is 13.4. The molecule has 0 radical (unpaired) electrons. The van der Waals surface area contributed by atoms with Crippen molar-refractivity contribution in [3.63, 3.8) is 0 Å². The number of nitrogens with one attached hydrogen (secondary N) is 1. The van der Waals surface area contributed by atoms with Gasteiger partial charge in [-0.1, -0.05) is 42.3 Å². The lowest BCUT2D eigenvalue weighted by atomic mass is 10.0. The Morgan fingerprint density at radius 1 is 1.03 bits per heavy atom. The minimum absolute atomic E-state index is 0.140. The molecule has 1 N–H and O–H groups in total. The Hall–Kier alpha value is -3.00. The monoisotopic (exact) mass is 498 g/mol. The topological polar surface area (TPSA) is 76.9 Å². The van der Waals surface area contributed by atoms with E-state index in [0.29, 0.717) is 43.4 Å². The Labute approximate surface area is 205 Å². The highest BCUT2D eigenvalue weighted by atomic mass is 35.5. The average molecular weight is 499 g/mol. The summed E-state index contributed by atoms with van der Waals surface area (Å²) in [5.41, 5.74) is 1.45. The largest absolute Gasteiger partial charge is 0.345 e. The van der Waals surface area contributed by atoms with Gasteiger partial charge in [-0.2, -0.15) is 0 Å². The number of nitrogens with zero attached hydrogens (tertiary/aromatic N) is 3. The third-order valence-electron chi connectivity index (χ3n) is 5.08. The summed E-state index contributed by atoms with van der Waals surface area (Å²) in [6, 6.07) is 15.5. The summed E-state index contributed by atoms with van der Waals surface area (Å²) in [4.78, 5) is 27.0. The van der Waals surface area contributed by atoms with Crippen molar-refractivity contribution in [2.45, 2.75) is 26.8 Å². The van der Waals surface area contributed by atoms with Crippen molar-refractivity contribution in [3.8, 4) is 5.00 Å². The first-order chi connectivity index (χ1) is 15.9. The van der Waals surface area contributed by atoms with E-state index in [0.717, 1.165) is 11.3 Å². The van der Waals surface area contributed by atoms with Crippen LogP contribution in [0.2, 0.25) is 10.0 Å². The molecule has 168 valence electrons. The van der Waals surface area contributed by atoms with Crippen molar-refractivity contribution in [2.75, 3.05) is 0 Å². The van der Waals surface area contributed by atoms with Gasteiger partial charge in [0, 0.05) is 21.0 Å². The fourth-order valence-electron chi connectivity index (χ4n) is 3.37. The van der Waals surface area contributed by atoms with Gasteiger partial charge in [0.1, 0.15) is 10.8 Å². The summed E-state index contributed by atoms with van der Waals surface area (Å²) in [7, 11) is 0. The van der Waals surface area contributed by atoms with Crippen LogP contribution in [0.25, 0.3) is 5.00 Å². The number of rotatable bonds is 7. The molecule has 0 aliphatic carbocycles. The fourth-order valence-corrected chi connectivity index (χ4v) is 4.88. The van der Waals surface area contributed by atoms with Gasteiger partial charge in [0.2, 0.25) is 0 Å². The van der Waals surface area contributed by atoms with E-state index in [1.165, 1.54) is 11.3 Å². The zero-order valence-corrected chi connectivity index (χ0v) is 20.3. The number of amides is 1. The Bertz CT molecular complexity index is 1330. The fraction of sp³-hybridized carbons (Fsp3) is 0.167. The van der Waals surface area contributed by atoms with Gasteiger partial charge in [-0.15, -0.1) is 21.5 Å². The first-order valence-electron chi connectivity index (χ1n) is 10.3. The maximum atomic E-state index is 13.4. The third kappa shape index (κ3) is 4.85. The molecule has 4 aromatic rings.